The number of sulfone groups is 1. The van der Waals surface area contributed by atoms with Gasteiger partial charge < -0.3 is 14.8 Å². The van der Waals surface area contributed by atoms with Gasteiger partial charge in [0.1, 0.15) is 0 Å². The van der Waals surface area contributed by atoms with Gasteiger partial charge in [-0.15, -0.1) is 0 Å². The van der Waals surface area contributed by atoms with Gasteiger partial charge in [-0.05, 0) is 66.0 Å². The second-order valence-electron chi connectivity index (χ2n) is 13.7. The summed E-state index contributed by atoms with van der Waals surface area (Å²) in [5.41, 5.74) is 0.982. The van der Waals surface area contributed by atoms with Crippen molar-refractivity contribution in [2.75, 3.05) is 5.75 Å². The van der Waals surface area contributed by atoms with E-state index in [-0.39, 0.29) is 34.3 Å². The molecule has 0 aliphatic carbocycles. The van der Waals surface area contributed by atoms with E-state index in [0.717, 1.165) is 16.5 Å². The first-order valence-electron chi connectivity index (χ1n) is 16.5. The zero-order valence-electron chi connectivity index (χ0n) is 29.1. The molecule has 2 N–H and O–H groups in total. The number of benzene rings is 3. The quantitative estimate of drug-likeness (QED) is 0.111. The van der Waals surface area contributed by atoms with Gasteiger partial charge in [-0.1, -0.05) is 64.6 Å². The molecule has 2 aromatic heterocycles. The zero-order chi connectivity index (χ0) is 37.2. The van der Waals surface area contributed by atoms with Crippen LogP contribution in [0.15, 0.2) is 72.8 Å². The Morgan fingerprint density at radius 3 is 2.47 bits per heavy atom. The molecule has 5 aromatic rings. The number of halogens is 3. The van der Waals surface area contributed by atoms with E-state index in [1.807, 2.05) is 45.0 Å². The van der Waals surface area contributed by atoms with E-state index in [9.17, 15) is 27.1 Å². The van der Waals surface area contributed by atoms with Crippen molar-refractivity contribution < 1.29 is 36.2 Å². The van der Waals surface area contributed by atoms with Gasteiger partial charge in [0.25, 0.3) is 0 Å². The Labute approximate surface area is 295 Å². The fourth-order valence-corrected chi connectivity index (χ4v) is 7.95. The van der Waals surface area contributed by atoms with Crippen LogP contribution in [-0.4, -0.2) is 45.0 Å². The van der Waals surface area contributed by atoms with Crippen molar-refractivity contribution in [2.24, 2.45) is 18.4 Å². The molecule has 0 saturated carbocycles. The van der Waals surface area contributed by atoms with Crippen molar-refractivity contribution in [3.63, 3.8) is 0 Å². The highest BCUT2D eigenvalue weighted by Gasteiger charge is 2.38. The first kappa shape index (κ1) is 37.3. The third-order valence-corrected chi connectivity index (χ3v) is 11.1. The van der Waals surface area contributed by atoms with Gasteiger partial charge in [-0.25, -0.2) is 26.9 Å². The van der Waals surface area contributed by atoms with Gasteiger partial charge in [-0.2, -0.15) is 9.49 Å². The lowest BCUT2D eigenvalue weighted by molar-refractivity contribution is -0.141. The Bertz CT molecular complexity index is 2190. The third-order valence-electron chi connectivity index (χ3n) is 9.40. The predicted octanol–water partition coefficient (Wildman–Crippen LogP) is 8.69. The molecule has 0 aliphatic heterocycles. The first-order valence-corrected chi connectivity index (χ1v) is 18.2. The molecule has 0 saturated heterocycles. The van der Waals surface area contributed by atoms with Crippen LogP contribution in [0.2, 0.25) is 0 Å². The van der Waals surface area contributed by atoms with Crippen LogP contribution in [0, 0.1) is 28.8 Å². The topological polar surface area (TPSA) is 127 Å². The molecule has 0 radical (unpaired) electrons. The summed E-state index contributed by atoms with van der Waals surface area (Å²) in [6.07, 6.45) is 2.85. The van der Waals surface area contributed by atoms with Crippen LogP contribution in [0.5, 0.6) is 11.5 Å². The molecule has 5 rings (SSSR count). The van der Waals surface area contributed by atoms with Crippen molar-refractivity contribution in [3.05, 3.63) is 107 Å². The van der Waals surface area contributed by atoms with Crippen LogP contribution in [0.1, 0.15) is 69.3 Å². The summed E-state index contributed by atoms with van der Waals surface area (Å²) in [5, 5.41) is 15.4. The Kier molecular flexibility index (Phi) is 10.8. The maximum Gasteiger partial charge on any atom is 0.306 e. The number of aliphatic carboxylic acids is 1. The number of nitrogens with zero attached hydrogens (tertiary/aromatic N) is 3. The summed E-state index contributed by atoms with van der Waals surface area (Å²) in [5.74, 6) is -5.98. The monoisotopic (exact) mass is 722 g/mol. The van der Waals surface area contributed by atoms with Crippen molar-refractivity contribution >= 4 is 26.7 Å². The molecule has 0 aliphatic rings. The number of hydrogen-bond donors (Lipinski definition) is 2. The standard InChI is InChI=1S/C38H41F3N4O5S/c1-7-51(48,49)21-38(4,5)28(16-15-22(2)26-12-9-8-11-24(26)19-23(3)37(46)47)35-43-36(45(6)44-35)27-13-10-14-29(31(27)39)50-30-20-25-17-18-42-34(25)33(41)32(30)40/h7-14,17-18,20,22-23,28,42H,1,15-16,19,21H2,2-6H3,(H,46,47)/t22-,23?,28?/m1/s1. The summed E-state index contributed by atoms with van der Waals surface area (Å²) in [6, 6.07) is 14.7. The Balaban J connectivity index is 1.48. The number of hydrogen-bond acceptors (Lipinski definition) is 6. The first-order chi connectivity index (χ1) is 24.0. The second kappa shape index (κ2) is 14.7. The Morgan fingerprint density at radius 2 is 1.76 bits per heavy atom. The predicted molar refractivity (Wildman–Crippen MR) is 190 cm³/mol. The van der Waals surface area contributed by atoms with Crippen LogP contribution >= 0.6 is 0 Å². The number of fused-ring (bicyclic) bond motifs is 1. The average molecular weight is 723 g/mol. The lowest BCUT2D eigenvalue weighted by Gasteiger charge is -2.33. The van der Waals surface area contributed by atoms with E-state index < -0.39 is 56.3 Å². The number of ether oxygens (including phenoxy) is 1. The van der Waals surface area contributed by atoms with E-state index in [0.29, 0.717) is 30.5 Å². The molecule has 3 atom stereocenters. The van der Waals surface area contributed by atoms with Crippen molar-refractivity contribution in [3.8, 4) is 22.9 Å². The molecular weight excluding hydrogens is 682 g/mol. The maximum absolute atomic E-state index is 16.1. The van der Waals surface area contributed by atoms with Crippen molar-refractivity contribution in [1.29, 1.82) is 0 Å². The maximum atomic E-state index is 16.1. The number of aromatic amines is 1. The minimum atomic E-state index is -3.65. The number of rotatable bonds is 15. The van der Waals surface area contributed by atoms with E-state index in [1.54, 1.807) is 14.0 Å². The second-order valence-corrected chi connectivity index (χ2v) is 15.7. The van der Waals surface area contributed by atoms with Gasteiger partial charge in [0.05, 0.1) is 22.8 Å². The molecule has 51 heavy (non-hydrogen) atoms. The van der Waals surface area contributed by atoms with Gasteiger partial charge in [0.15, 0.2) is 44.6 Å². The summed E-state index contributed by atoms with van der Waals surface area (Å²) in [4.78, 5) is 18.9. The highest BCUT2D eigenvalue weighted by molar-refractivity contribution is 7.94. The zero-order valence-corrected chi connectivity index (χ0v) is 29.9. The lowest BCUT2D eigenvalue weighted by atomic mass is 9.75. The molecule has 2 unspecified atom stereocenters. The molecule has 2 heterocycles. The summed E-state index contributed by atoms with van der Waals surface area (Å²) in [7, 11) is -2.07. The van der Waals surface area contributed by atoms with Crippen molar-refractivity contribution in [1.82, 2.24) is 19.7 Å². The molecule has 13 heteroatoms. The SMILES string of the molecule is C=CS(=O)(=O)CC(C)(C)C(CC[C@@H](C)c1ccccc1CC(C)C(=O)O)c1nc(-c2cccc(Oc3cc4cc[nH]c4c(F)c3F)c2F)n(C)n1. The molecule has 0 fully saturated rings. The van der Waals surface area contributed by atoms with E-state index in [2.05, 4.69) is 16.7 Å². The number of nitrogens with one attached hydrogen (secondary N) is 1. The fourth-order valence-electron chi connectivity index (χ4n) is 6.59. The van der Waals surface area contributed by atoms with Gasteiger partial charge in [-0.3, -0.25) is 4.79 Å². The van der Waals surface area contributed by atoms with Crippen LogP contribution < -0.4 is 4.74 Å². The molecule has 0 bridgehead atoms. The van der Waals surface area contributed by atoms with E-state index in [1.165, 1.54) is 41.2 Å². The fraction of sp³-hybridized carbons (Fsp3) is 0.342. The van der Waals surface area contributed by atoms with E-state index in [4.69, 9.17) is 9.72 Å². The van der Waals surface area contributed by atoms with Crippen LogP contribution in [0.25, 0.3) is 22.3 Å². The Morgan fingerprint density at radius 1 is 1.04 bits per heavy atom. The molecule has 3 aromatic carbocycles. The molecular formula is C38H41F3N4O5S. The normalized spacial score (nSPS) is 14.0. The van der Waals surface area contributed by atoms with Crippen LogP contribution in [0.3, 0.4) is 0 Å². The average Bonchev–Trinajstić information content (AvgIpc) is 3.70. The largest absolute Gasteiger partial charge is 0.481 e. The van der Waals surface area contributed by atoms with Crippen molar-refractivity contribution in [2.45, 2.75) is 58.8 Å². The molecule has 9 nitrogen and oxygen atoms in total. The Hall–Kier alpha value is -4.91. The molecule has 270 valence electrons. The number of carboxylic acid groups (broad SMARTS) is 1. The van der Waals surface area contributed by atoms with Gasteiger partial charge >= 0.3 is 5.97 Å². The number of aryl methyl sites for hydroxylation is 1. The van der Waals surface area contributed by atoms with Crippen LogP contribution in [0.4, 0.5) is 13.2 Å². The summed E-state index contributed by atoms with van der Waals surface area (Å²) >= 11 is 0. The highest BCUT2D eigenvalue weighted by Crippen LogP contribution is 2.42. The molecule has 0 amide bonds. The number of aromatic nitrogens is 4. The smallest absolute Gasteiger partial charge is 0.306 e. The minimum absolute atomic E-state index is 0.0116. The summed E-state index contributed by atoms with van der Waals surface area (Å²) < 4.78 is 78.2. The summed E-state index contributed by atoms with van der Waals surface area (Å²) in [6.45, 7) is 10.8. The van der Waals surface area contributed by atoms with Gasteiger partial charge in [0, 0.05) is 30.0 Å². The number of carbonyl (C=O) groups is 1. The van der Waals surface area contributed by atoms with Gasteiger partial charge in [0.2, 0.25) is 5.82 Å². The lowest BCUT2D eigenvalue weighted by Crippen LogP contribution is -2.31. The minimum Gasteiger partial charge on any atom is -0.481 e. The molecule has 0 spiro atoms. The number of carboxylic acids is 1. The third kappa shape index (κ3) is 8.03. The van der Waals surface area contributed by atoms with E-state index >= 15 is 4.39 Å². The highest BCUT2D eigenvalue weighted by atomic mass is 32.2. The number of H-pyrrole nitrogens is 1. The van der Waals surface area contributed by atoms with Crippen LogP contribution in [-0.2, 0) is 28.1 Å².